The summed E-state index contributed by atoms with van der Waals surface area (Å²) in [4.78, 5) is 35.5. The van der Waals surface area contributed by atoms with Gasteiger partial charge in [-0.05, 0) is 62.0 Å². The van der Waals surface area contributed by atoms with E-state index in [1.54, 1.807) is 25.1 Å². The molecule has 2 aliphatic heterocycles. The fraction of sp³-hybridized carbons (Fsp3) is 0.310. The summed E-state index contributed by atoms with van der Waals surface area (Å²) in [7, 11) is 0. The van der Waals surface area contributed by atoms with Gasteiger partial charge in [0.25, 0.3) is 0 Å². The highest BCUT2D eigenvalue weighted by atomic mass is 32.1. The Hall–Kier alpha value is -4.94. The van der Waals surface area contributed by atoms with Crippen LogP contribution in [0.2, 0.25) is 0 Å². The largest absolute Gasteiger partial charge is 0.443 e. The lowest BCUT2D eigenvalue weighted by molar-refractivity contribution is 0.142. The average Bonchev–Trinajstić information content (AvgIpc) is 3.84. The summed E-state index contributed by atoms with van der Waals surface area (Å²) < 4.78 is 41.2. The SMILES string of the molecule is CC(=S)NC[C@H]1CN(c2ccc(-n3cncn3)c(F)c2)C(=O)O1.CC(C)=S.NC[C@H]1CN(c2ccc(-n3cncn3)c(F)c2)C(=O)O1. The Morgan fingerprint density at radius 2 is 1.30 bits per heavy atom. The number of thiocarbonyl (C=S) groups is 2. The average molecular weight is 687 g/mol. The number of cyclic esters (lactones) is 2. The second kappa shape index (κ2) is 16.1. The molecule has 2 amide bonds. The van der Waals surface area contributed by atoms with Crippen molar-refractivity contribution in [1.82, 2.24) is 34.8 Å². The van der Waals surface area contributed by atoms with E-state index in [2.05, 4.69) is 37.7 Å². The number of rotatable bonds is 7. The summed E-state index contributed by atoms with van der Waals surface area (Å²) in [6, 6.07) is 8.87. The molecule has 0 unspecified atom stereocenters. The number of aromatic nitrogens is 6. The number of ether oxygens (including phenoxy) is 2. The van der Waals surface area contributed by atoms with Gasteiger partial charge >= 0.3 is 12.2 Å². The highest BCUT2D eigenvalue weighted by Gasteiger charge is 2.33. The molecule has 18 heteroatoms. The Bertz CT molecular complexity index is 1700. The molecule has 0 saturated carbocycles. The maximum Gasteiger partial charge on any atom is 0.414 e. The van der Waals surface area contributed by atoms with Gasteiger partial charge in [0.2, 0.25) is 0 Å². The van der Waals surface area contributed by atoms with Crippen LogP contribution in [0.1, 0.15) is 20.8 Å². The Kier molecular flexibility index (Phi) is 11.9. The van der Waals surface area contributed by atoms with Crippen molar-refractivity contribution < 1.29 is 27.8 Å². The van der Waals surface area contributed by atoms with Crippen molar-refractivity contribution in [2.75, 3.05) is 36.0 Å². The maximum atomic E-state index is 14.2. The van der Waals surface area contributed by atoms with Crippen molar-refractivity contribution in [1.29, 1.82) is 0 Å². The molecule has 47 heavy (non-hydrogen) atoms. The zero-order chi connectivity index (χ0) is 34.1. The summed E-state index contributed by atoms with van der Waals surface area (Å²) in [6.07, 6.45) is 3.71. The molecule has 0 bridgehead atoms. The molecule has 2 aromatic carbocycles. The lowest BCUT2D eigenvalue weighted by Crippen LogP contribution is -2.32. The number of carbonyl (C=O) groups excluding carboxylic acids is 2. The summed E-state index contributed by atoms with van der Waals surface area (Å²) in [5, 5.41) is 10.7. The van der Waals surface area contributed by atoms with Gasteiger partial charge in [0, 0.05) is 6.54 Å². The van der Waals surface area contributed by atoms with Gasteiger partial charge < -0.3 is 20.5 Å². The number of amides is 2. The van der Waals surface area contributed by atoms with Crippen LogP contribution in [0.4, 0.5) is 29.7 Å². The number of hydrogen-bond acceptors (Lipinski definition) is 11. The molecule has 14 nitrogen and oxygen atoms in total. The highest BCUT2D eigenvalue weighted by molar-refractivity contribution is 7.80. The summed E-state index contributed by atoms with van der Waals surface area (Å²) in [6.45, 7) is 6.86. The summed E-state index contributed by atoms with van der Waals surface area (Å²) in [5.74, 6) is -1.01. The van der Waals surface area contributed by atoms with Crippen LogP contribution in [-0.4, -0.2) is 90.0 Å². The minimum absolute atomic E-state index is 0.238. The molecule has 3 N–H and O–H groups in total. The molecule has 2 atom stereocenters. The first-order valence-corrected chi connectivity index (χ1v) is 15.0. The fourth-order valence-electron chi connectivity index (χ4n) is 4.32. The number of anilines is 2. The molecule has 2 aliphatic rings. The smallest absolute Gasteiger partial charge is 0.414 e. The Labute approximate surface area is 279 Å². The molecule has 0 aliphatic carbocycles. The highest BCUT2D eigenvalue weighted by Crippen LogP contribution is 2.26. The second-order valence-electron chi connectivity index (χ2n) is 10.3. The molecule has 6 rings (SSSR count). The monoisotopic (exact) mass is 686 g/mol. The topological polar surface area (TPSA) is 159 Å². The van der Waals surface area contributed by atoms with E-state index in [0.29, 0.717) is 36.0 Å². The quantitative estimate of drug-likeness (QED) is 0.272. The zero-order valence-electron chi connectivity index (χ0n) is 25.6. The third-order valence-electron chi connectivity index (χ3n) is 6.41. The lowest BCUT2D eigenvalue weighted by atomic mass is 10.2. The molecule has 4 aromatic rings. The predicted molar refractivity (Wildman–Crippen MR) is 177 cm³/mol. The van der Waals surface area contributed by atoms with Crippen LogP contribution in [0.3, 0.4) is 0 Å². The molecule has 2 saturated heterocycles. The first-order chi connectivity index (χ1) is 22.5. The van der Waals surface area contributed by atoms with Crippen LogP contribution >= 0.6 is 24.4 Å². The molecule has 4 heterocycles. The van der Waals surface area contributed by atoms with Gasteiger partial charge in [-0.15, -0.1) is 0 Å². The molecule has 0 spiro atoms. The van der Waals surface area contributed by atoms with Gasteiger partial charge in [0.1, 0.15) is 48.9 Å². The van der Waals surface area contributed by atoms with Crippen LogP contribution in [0.15, 0.2) is 61.7 Å². The molecular formula is C29H32F2N10O4S2. The molecule has 2 fully saturated rings. The Morgan fingerprint density at radius 1 is 0.851 bits per heavy atom. The van der Waals surface area contributed by atoms with Crippen LogP contribution in [0.25, 0.3) is 11.4 Å². The molecule has 248 valence electrons. The maximum absolute atomic E-state index is 14.2. The van der Waals surface area contributed by atoms with E-state index < -0.39 is 23.8 Å². The van der Waals surface area contributed by atoms with Gasteiger partial charge in [-0.2, -0.15) is 10.2 Å². The first kappa shape index (κ1) is 34.9. The number of benzene rings is 2. The van der Waals surface area contributed by atoms with Crippen LogP contribution < -0.4 is 20.9 Å². The van der Waals surface area contributed by atoms with Crippen LogP contribution in [0.5, 0.6) is 0 Å². The number of nitrogens with one attached hydrogen (secondary N) is 1. The third-order valence-corrected chi connectivity index (χ3v) is 6.55. The number of nitrogens with zero attached hydrogens (tertiary/aromatic N) is 8. The Balaban J connectivity index is 0.000000193. The van der Waals surface area contributed by atoms with Gasteiger partial charge in [-0.3, -0.25) is 9.80 Å². The van der Waals surface area contributed by atoms with E-state index in [4.69, 9.17) is 27.4 Å². The van der Waals surface area contributed by atoms with Gasteiger partial charge in [-0.1, -0.05) is 24.4 Å². The number of halogens is 2. The van der Waals surface area contributed by atoms with Gasteiger partial charge in [0.05, 0.1) is 36.0 Å². The van der Waals surface area contributed by atoms with E-state index in [9.17, 15) is 18.4 Å². The molecule has 0 radical (unpaired) electrons. The lowest BCUT2D eigenvalue weighted by Gasteiger charge is -2.14. The van der Waals surface area contributed by atoms with Crippen molar-refractivity contribution in [2.45, 2.75) is 33.0 Å². The third kappa shape index (κ3) is 9.30. The minimum atomic E-state index is -0.520. The molecular weight excluding hydrogens is 655 g/mol. The fourth-order valence-corrected chi connectivity index (χ4v) is 4.40. The van der Waals surface area contributed by atoms with E-state index in [0.717, 1.165) is 4.86 Å². The van der Waals surface area contributed by atoms with Crippen molar-refractivity contribution in [3.8, 4) is 11.4 Å². The zero-order valence-corrected chi connectivity index (χ0v) is 27.3. The Morgan fingerprint density at radius 3 is 1.66 bits per heavy atom. The summed E-state index contributed by atoms with van der Waals surface area (Å²) >= 11 is 9.46. The molecule has 2 aromatic heterocycles. The van der Waals surface area contributed by atoms with E-state index in [1.165, 1.54) is 62.7 Å². The van der Waals surface area contributed by atoms with E-state index in [1.807, 2.05) is 13.8 Å². The van der Waals surface area contributed by atoms with E-state index in [-0.39, 0.29) is 30.1 Å². The standard InChI is InChI=1S/C14H14FN5O2S.C12H12FN5O2.C3H6S/c1-9(23)17-5-11-6-19(14(21)22-11)10-2-3-13(12(15)4-10)20-8-16-7-18-20;13-10-3-8(17-5-9(4-14)20-12(17)19)1-2-11(10)18-7-15-6-16-18;1-3(2)4/h2-4,7-8,11H,5-6H2,1H3,(H,17,23);1-3,6-7,9H,4-5,14H2;1-2H3/t11-;9-;/m00./s1. The van der Waals surface area contributed by atoms with Crippen molar-refractivity contribution in [3.63, 3.8) is 0 Å². The summed E-state index contributed by atoms with van der Waals surface area (Å²) in [5.41, 5.74) is 6.83. The number of hydrogen-bond donors (Lipinski definition) is 2. The van der Waals surface area contributed by atoms with Crippen molar-refractivity contribution >= 4 is 57.9 Å². The number of nitrogens with two attached hydrogens (primary N) is 1. The van der Waals surface area contributed by atoms with Gasteiger partial charge in [0.15, 0.2) is 11.6 Å². The van der Waals surface area contributed by atoms with E-state index >= 15 is 0 Å². The second-order valence-corrected chi connectivity index (χ2v) is 11.7. The van der Waals surface area contributed by atoms with Crippen molar-refractivity contribution in [3.05, 3.63) is 73.3 Å². The van der Waals surface area contributed by atoms with Gasteiger partial charge in [-0.25, -0.2) is 37.7 Å². The predicted octanol–water partition coefficient (Wildman–Crippen LogP) is 3.75. The van der Waals surface area contributed by atoms with Crippen LogP contribution in [0, 0.1) is 11.6 Å². The normalized spacial score (nSPS) is 16.8. The van der Waals surface area contributed by atoms with Crippen molar-refractivity contribution in [2.24, 2.45) is 5.73 Å². The van der Waals surface area contributed by atoms with Crippen LogP contribution in [-0.2, 0) is 9.47 Å². The minimum Gasteiger partial charge on any atom is -0.443 e. The first-order valence-electron chi connectivity index (χ1n) is 14.1. The number of carbonyl (C=O) groups is 2.